The molecule has 0 radical (unpaired) electrons. The van der Waals surface area contributed by atoms with Gasteiger partial charge in [-0.2, -0.15) is 0 Å². The topological polar surface area (TPSA) is 51.2 Å². The van der Waals surface area contributed by atoms with Crippen molar-refractivity contribution in [3.63, 3.8) is 0 Å². The number of rotatable bonds is 4. The summed E-state index contributed by atoms with van der Waals surface area (Å²) in [5.74, 6) is 2.20. The Bertz CT molecular complexity index is 1110. The van der Waals surface area contributed by atoms with E-state index in [0.717, 1.165) is 48.4 Å². The zero-order valence-electron chi connectivity index (χ0n) is 21.7. The van der Waals surface area contributed by atoms with Gasteiger partial charge in [-0.15, -0.1) is 0 Å². The minimum Gasteiger partial charge on any atom is -0.492 e. The average molecular weight is 466 g/mol. The van der Waals surface area contributed by atoms with Crippen LogP contribution in [0.1, 0.15) is 93.0 Å². The Hall–Kier alpha value is -2.24. The van der Waals surface area contributed by atoms with Gasteiger partial charge in [0.05, 0.1) is 13.2 Å². The van der Waals surface area contributed by atoms with Crippen molar-refractivity contribution in [2.75, 3.05) is 27.5 Å². The highest BCUT2D eigenvalue weighted by Gasteiger charge is 2.38. The number of hydrogen-bond donors (Lipinski definition) is 1. The molecule has 2 heterocycles. The van der Waals surface area contributed by atoms with Crippen LogP contribution < -0.4 is 14.2 Å². The molecule has 3 aliphatic rings. The van der Waals surface area contributed by atoms with Crippen LogP contribution in [0.3, 0.4) is 0 Å². The van der Waals surface area contributed by atoms with Crippen molar-refractivity contribution in [3.8, 4) is 17.2 Å². The molecule has 0 saturated heterocycles. The largest absolute Gasteiger partial charge is 0.492 e. The van der Waals surface area contributed by atoms with Gasteiger partial charge in [-0.25, -0.2) is 0 Å². The van der Waals surface area contributed by atoms with Crippen LogP contribution in [-0.2, 0) is 23.7 Å². The molecule has 2 atom stereocenters. The van der Waals surface area contributed by atoms with Crippen molar-refractivity contribution in [1.29, 1.82) is 0 Å². The molecule has 2 aromatic rings. The van der Waals surface area contributed by atoms with Crippen LogP contribution in [0.5, 0.6) is 17.2 Å². The SMILES string of the molecule is COc1c2c(cc3c1[C@H](C[C@@H](O)c1cc(C(C)(C)C)cc4c1CCC4(C)C)N(C)CC3)OCO2. The molecule has 2 aliphatic heterocycles. The lowest BCUT2D eigenvalue weighted by molar-refractivity contribution is 0.107. The number of aliphatic hydroxyl groups is 1. The lowest BCUT2D eigenvalue weighted by Crippen LogP contribution is -2.33. The second kappa shape index (κ2) is 8.17. The summed E-state index contributed by atoms with van der Waals surface area (Å²) < 4.78 is 17.3. The molecule has 0 spiro atoms. The van der Waals surface area contributed by atoms with E-state index in [4.69, 9.17) is 14.2 Å². The number of benzene rings is 2. The molecule has 1 aliphatic carbocycles. The van der Waals surface area contributed by atoms with Gasteiger partial charge < -0.3 is 19.3 Å². The van der Waals surface area contributed by atoms with Crippen molar-refractivity contribution in [1.82, 2.24) is 4.90 Å². The van der Waals surface area contributed by atoms with Gasteiger partial charge in [0.25, 0.3) is 0 Å². The molecule has 1 N–H and O–H groups in total. The second-order valence-electron chi connectivity index (χ2n) is 11.9. The van der Waals surface area contributed by atoms with E-state index in [9.17, 15) is 5.11 Å². The third-order valence-electron chi connectivity index (χ3n) is 8.23. The van der Waals surface area contributed by atoms with Gasteiger partial charge in [-0.1, -0.05) is 46.8 Å². The van der Waals surface area contributed by atoms with E-state index >= 15 is 0 Å². The lowest BCUT2D eigenvalue weighted by atomic mass is 9.78. The van der Waals surface area contributed by atoms with Crippen LogP contribution in [0.2, 0.25) is 0 Å². The third kappa shape index (κ3) is 3.77. The Morgan fingerprint density at radius 1 is 1.18 bits per heavy atom. The number of likely N-dealkylation sites (N-methyl/N-ethyl adjacent to an activating group) is 1. The minimum absolute atomic E-state index is 0.0253. The third-order valence-corrected chi connectivity index (χ3v) is 8.23. The van der Waals surface area contributed by atoms with Gasteiger partial charge >= 0.3 is 0 Å². The summed E-state index contributed by atoms with van der Waals surface area (Å²) in [6, 6.07) is 6.80. The van der Waals surface area contributed by atoms with Crippen LogP contribution in [0.15, 0.2) is 18.2 Å². The highest BCUT2D eigenvalue weighted by molar-refractivity contribution is 5.62. The molecule has 34 heavy (non-hydrogen) atoms. The summed E-state index contributed by atoms with van der Waals surface area (Å²) in [6.45, 7) is 12.6. The first-order valence-electron chi connectivity index (χ1n) is 12.6. The molecule has 184 valence electrons. The van der Waals surface area contributed by atoms with Gasteiger partial charge in [0.15, 0.2) is 11.5 Å². The summed E-state index contributed by atoms with van der Waals surface area (Å²) in [6.07, 6.45) is 3.13. The van der Waals surface area contributed by atoms with E-state index < -0.39 is 6.10 Å². The van der Waals surface area contributed by atoms with Crippen molar-refractivity contribution < 1.29 is 19.3 Å². The molecule has 0 unspecified atom stereocenters. The zero-order valence-corrected chi connectivity index (χ0v) is 21.7. The normalized spacial score (nSPS) is 21.8. The molecule has 5 rings (SSSR count). The molecule has 0 bridgehead atoms. The summed E-state index contributed by atoms with van der Waals surface area (Å²) in [7, 11) is 3.84. The number of hydrogen-bond acceptors (Lipinski definition) is 5. The van der Waals surface area contributed by atoms with E-state index in [2.05, 4.69) is 64.8 Å². The maximum absolute atomic E-state index is 11.8. The van der Waals surface area contributed by atoms with Gasteiger partial charge in [0.2, 0.25) is 12.5 Å². The first kappa shape index (κ1) is 23.5. The molecule has 0 fully saturated rings. The summed E-state index contributed by atoms with van der Waals surface area (Å²) in [5.41, 5.74) is 7.68. The van der Waals surface area contributed by atoms with Gasteiger partial charge in [-0.05, 0) is 77.4 Å². The fraction of sp³-hybridized carbons (Fsp3) is 0.586. The molecule has 0 amide bonds. The Morgan fingerprint density at radius 2 is 1.94 bits per heavy atom. The molecular weight excluding hydrogens is 426 g/mol. The molecule has 0 saturated carbocycles. The van der Waals surface area contributed by atoms with E-state index in [1.165, 1.54) is 22.3 Å². The molecule has 5 heteroatoms. The van der Waals surface area contributed by atoms with E-state index in [-0.39, 0.29) is 23.7 Å². The first-order chi connectivity index (χ1) is 16.0. The van der Waals surface area contributed by atoms with Crippen LogP contribution >= 0.6 is 0 Å². The monoisotopic (exact) mass is 465 g/mol. The summed E-state index contributed by atoms with van der Waals surface area (Å²) in [5, 5.41) is 11.8. The second-order valence-corrected chi connectivity index (χ2v) is 11.9. The van der Waals surface area contributed by atoms with E-state index in [0.29, 0.717) is 12.2 Å². The Balaban J connectivity index is 1.57. The maximum atomic E-state index is 11.8. The maximum Gasteiger partial charge on any atom is 0.231 e. The van der Waals surface area contributed by atoms with E-state index in [1.807, 2.05) is 0 Å². The Morgan fingerprint density at radius 3 is 2.65 bits per heavy atom. The molecule has 2 aromatic carbocycles. The summed E-state index contributed by atoms with van der Waals surface area (Å²) >= 11 is 0. The number of methoxy groups -OCH3 is 1. The minimum atomic E-state index is -0.557. The zero-order chi connectivity index (χ0) is 24.4. The number of fused-ring (bicyclic) bond motifs is 3. The molecule has 5 nitrogen and oxygen atoms in total. The first-order valence-corrected chi connectivity index (χ1v) is 12.6. The standard InChI is InChI=1S/C29H39NO4/c1-28(2,3)18-13-20(19-8-10-29(4,5)21(19)14-18)23(31)15-22-25-17(9-11-30(22)6)12-24-26(27(25)32-7)34-16-33-24/h12-14,22-23,31H,8-11,15-16H2,1-7H3/t22-,23+/m0/s1. The highest BCUT2D eigenvalue weighted by atomic mass is 16.7. The van der Waals surface area contributed by atoms with Gasteiger partial charge in [0, 0.05) is 18.2 Å². The van der Waals surface area contributed by atoms with Crippen LogP contribution in [0.25, 0.3) is 0 Å². The van der Waals surface area contributed by atoms with Crippen molar-refractivity contribution in [2.45, 2.75) is 83.3 Å². The smallest absolute Gasteiger partial charge is 0.231 e. The number of aliphatic hydroxyl groups excluding tert-OH is 1. The van der Waals surface area contributed by atoms with Crippen LogP contribution in [-0.4, -0.2) is 37.5 Å². The fourth-order valence-corrected chi connectivity index (χ4v) is 6.04. The number of nitrogens with zero attached hydrogens (tertiary/aromatic N) is 1. The summed E-state index contributed by atoms with van der Waals surface area (Å²) in [4.78, 5) is 2.34. The Labute approximate surface area is 204 Å². The van der Waals surface area contributed by atoms with Crippen molar-refractivity contribution >= 4 is 0 Å². The lowest BCUT2D eigenvalue weighted by Gasteiger charge is -2.37. The molecule has 0 aromatic heterocycles. The highest BCUT2D eigenvalue weighted by Crippen LogP contribution is 2.51. The van der Waals surface area contributed by atoms with Crippen molar-refractivity contribution in [3.05, 3.63) is 51.6 Å². The van der Waals surface area contributed by atoms with Crippen LogP contribution in [0.4, 0.5) is 0 Å². The quantitative estimate of drug-likeness (QED) is 0.637. The average Bonchev–Trinajstić information content (AvgIpc) is 3.36. The number of ether oxygens (including phenoxy) is 3. The fourth-order valence-electron chi connectivity index (χ4n) is 6.04. The van der Waals surface area contributed by atoms with E-state index in [1.54, 1.807) is 7.11 Å². The van der Waals surface area contributed by atoms with Gasteiger partial charge in [-0.3, -0.25) is 4.90 Å². The predicted molar refractivity (Wildman–Crippen MR) is 134 cm³/mol. The Kier molecular flexibility index (Phi) is 5.64. The van der Waals surface area contributed by atoms with Crippen molar-refractivity contribution in [2.24, 2.45) is 0 Å². The molecular formula is C29H39NO4. The van der Waals surface area contributed by atoms with Gasteiger partial charge in [0.1, 0.15) is 0 Å². The predicted octanol–water partition coefficient (Wildman–Crippen LogP) is 5.60. The van der Waals surface area contributed by atoms with Crippen LogP contribution in [0, 0.1) is 0 Å².